The molecule has 0 atom stereocenters. The third-order valence-electron chi connectivity index (χ3n) is 4.03. The summed E-state index contributed by atoms with van der Waals surface area (Å²) in [6.45, 7) is 0. The maximum absolute atomic E-state index is 10.0. The van der Waals surface area contributed by atoms with Gasteiger partial charge in [0.2, 0.25) is 0 Å². The van der Waals surface area contributed by atoms with Gasteiger partial charge in [-0.25, -0.2) is 0 Å². The molecule has 1 aromatic carbocycles. The standard InChI is InChI=1S/C15H19ClO3/c1-18-13-8-12(16)10(9-15(17)5-6-15)7-14(13)19-11-3-2-4-11/h7-8,11,17H,2-6,9H2,1H3. The van der Waals surface area contributed by atoms with Crippen molar-refractivity contribution in [3.63, 3.8) is 0 Å². The van der Waals surface area contributed by atoms with Crippen LogP contribution in [0.15, 0.2) is 12.1 Å². The highest BCUT2D eigenvalue weighted by atomic mass is 35.5. The molecule has 0 aromatic heterocycles. The van der Waals surface area contributed by atoms with E-state index in [1.165, 1.54) is 6.42 Å². The second kappa shape index (κ2) is 4.88. The van der Waals surface area contributed by atoms with Crippen molar-refractivity contribution in [3.05, 3.63) is 22.7 Å². The summed E-state index contributed by atoms with van der Waals surface area (Å²) in [5.74, 6) is 1.42. The maximum atomic E-state index is 10.0. The van der Waals surface area contributed by atoms with Gasteiger partial charge in [0.15, 0.2) is 11.5 Å². The van der Waals surface area contributed by atoms with E-state index < -0.39 is 5.60 Å². The first-order valence-electron chi connectivity index (χ1n) is 6.85. The Kier molecular flexibility index (Phi) is 3.35. The number of hydrogen-bond acceptors (Lipinski definition) is 3. The summed E-state index contributed by atoms with van der Waals surface area (Å²) in [5, 5.41) is 10.7. The van der Waals surface area contributed by atoms with Crippen molar-refractivity contribution >= 4 is 11.6 Å². The van der Waals surface area contributed by atoms with Crippen LogP contribution in [0, 0.1) is 0 Å². The Balaban J connectivity index is 1.84. The van der Waals surface area contributed by atoms with Crippen molar-refractivity contribution in [2.75, 3.05) is 7.11 Å². The Morgan fingerprint density at radius 3 is 2.58 bits per heavy atom. The lowest BCUT2D eigenvalue weighted by Crippen LogP contribution is -2.25. The van der Waals surface area contributed by atoms with Crippen molar-refractivity contribution in [2.24, 2.45) is 0 Å². The molecule has 3 nitrogen and oxygen atoms in total. The predicted molar refractivity (Wildman–Crippen MR) is 74.2 cm³/mol. The van der Waals surface area contributed by atoms with E-state index in [9.17, 15) is 5.11 Å². The highest BCUT2D eigenvalue weighted by Crippen LogP contribution is 2.42. The van der Waals surface area contributed by atoms with Crippen LogP contribution in [0.4, 0.5) is 0 Å². The van der Waals surface area contributed by atoms with Gasteiger partial charge in [0.25, 0.3) is 0 Å². The molecule has 2 aliphatic carbocycles. The minimum Gasteiger partial charge on any atom is -0.493 e. The number of hydrogen-bond donors (Lipinski definition) is 1. The molecule has 1 aromatic rings. The van der Waals surface area contributed by atoms with Crippen LogP contribution in [0.25, 0.3) is 0 Å². The third-order valence-corrected chi connectivity index (χ3v) is 4.38. The lowest BCUT2D eigenvalue weighted by molar-refractivity contribution is 0.115. The molecule has 0 radical (unpaired) electrons. The van der Waals surface area contributed by atoms with Crippen LogP contribution in [0.1, 0.15) is 37.7 Å². The average Bonchev–Trinajstić information content (AvgIpc) is 3.05. The second-order valence-corrected chi connectivity index (χ2v) is 6.07. The highest BCUT2D eigenvalue weighted by Gasteiger charge is 2.40. The fraction of sp³-hybridized carbons (Fsp3) is 0.600. The number of methoxy groups -OCH3 is 1. The van der Waals surface area contributed by atoms with Gasteiger partial charge < -0.3 is 14.6 Å². The molecule has 0 amide bonds. The van der Waals surface area contributed by atoms with Crippen molar-refractivity contribution in [3.8, 4) is 11.5 Å². The fourth-order valence-corrected chi connectivity index (χ4v) is 2.53. The summed E-state index contributed by atoms with van der Waals surface area (Å²) < 4.78 is 11.3. The Bertz CT molecular complexity index is 479. The van der Waals surface area contributed by atoms with Gasteiger partial charge in [-0.05, 0) is 43.7 Å². The topological polar surface area (TPSA) is 38.7 Å². The van der Waals surface area contributed by atoms with Gasteiger partial charge in [0, 0.05) is 17.5 Å². The zero-order chi connectivity index (χ0) is 13.5. The molecule has 4 heteroatoms. The first kappa shape index (κ1) is 13.1. The molecule has 104 valence electrons. The van der Waals surface area contributed by atoms with Crippen molar-refractivity contribution in [2.45, 2.75) is 50.2 Å². The lowest BCUT2D eigenvalue weighted by atomic mass is 9.96. The molecular formula is C15H19ClO3. The summed E-state index contributed by atoms with van der Waals surface area (Å²) in [7, 11) is 1.62. The number of ether oxygens (including phenoxy) is 2. The summed E-state index contributed by atoms with van der Waals surface area (Å²) in [6, 6.07) is 3.71. The molecule has 2 aliphatic rings. The molecule has 0 bridgehead atoms. The zero-order valence-corrected chi connectivity index (χ0v) is 11.9. The van der Waals surface area contributed by atoms with E-state index in [-0.39, 0.29) is 0 Å². The van der Waals surface area contributed by atoms with Gasteiger partial charge >= 0.3 is 0 Å². The van der Waals surface area contributed by atoms with Gasteiger partial charge in [0.05, 0.1) is 18.8 Å². The van der Waals surface area contributed by atoms with Crippen molar-refractivity contribution in [1.29, 1.82) is 0 Å². The Morgan fingerprint density at radius 2 is 2.05 bits per heavy atom. The van der Waals surface area contributed by atoms with Crippen LogP contribution in [0.5, 0.6) is 11.5 Å². The highest BCUT2D eigenvalue weighted by molar-refractivity contribution is 6.31. The Morgan fingerprint density at radius 1 is 1.32 bits per heavy atom. The Hall–Kier alpha value is -0.930. The molecule has 2 fully saturated rings. The van der Waals surface area contributed by atoms with E-state index in [1.807, 2.05) is 6.07 Å². The van der Waals surface area contributed by atoms with Crippen molar-refractivity contribution in [1.82, 2.24) is 0 Å². The molecule has 2 saturated carbocycles. The first-order valence-corrected chi connectivity index (χ1v) is 7.23. The monoisotopic (exact) mass is 282 g/mol. The zero-order valence-electron chi connectivity index (χ0n) is 11.1. The van der Waals surface area contributed by atoms with E-state index in [0.29, 0.717) is 23.3 Å². The van der Waals surface area contributed by atoms with Crippen LogP contribution < -0.4 is 9.47 Å². The largest absolute Gasteiger partial charge is 0.493 e. The summed E-state index contributed by atoms with van der Waals surface area (Å²) >= 11 is 6.25. The quantitative estimate of drug-likeness (QED) is 0.900. The number of rotatable bonds is 5. The molecule has 0 aliphatic heterocycles. The summed E-state index contributed by atoms with van der Waals surface area (Å²) in [4.78, 5) is 0. The minimum absolute atomic E-state index is 0.298. The van der Waals surface area contributed by atoms with E-state index in [0.717, 1.165) is 37.0 Å². The number of aliphatic hydroxyl groups is 1. The van der Waals surface area contributed by atoms with Crippen LogP contribution in [-0.2, 0) is 6.42 Å². The molecular weight excluding hydrogens is 264 g/mol. The van der Waals surface area contributed by atoms with Gasteiger partial charge in [-0.15, -0.1) is 0 Å². The SMILES string of the molecule is COc1cc(Cl)c(CC2(O)CC2)cc1OC1CCC1. The minimum atomic E-state index is -0.550. The molecule has 0 saturated heterocycles. The fourth-order valence-electron chi connectivity index (χ4n) is 2.31. The average molecular weight is 283 g/mol. The molecule has 3 rings (SSSR count). The van der Waals surface area contributed by atoms with E-state index in [4.69, 9.17) is 21.1 Å². The Labute approximate surface area is 118 Å². The third kappa shape index (κ3) is 2.82. The second-order valence-electron chi connectivity index (χ2n) is 5.67. The molecule has 0 unspecified atom stereocenters. The normalized spacial score (nSPS) is 20.8. The number of halogens is 1. The molecule has 1 N–H and O–H groups in total. The number of benzene rings is 1. The van der Waals surface area contributed by atoms with E-state index in [1.54, 1.807) is 13.2 Å². The van der Waals surface area contributed by atoms with E-state index >= 15 is 0 Å². The predicted octanol–water partition coefficient (Wildman–Crippen LogP) is 3.35. The summed E-state index contributed by atoms with van der Waals surface area (Å²) in [6.07, 6.45) is 6.04. The smallest absolute Gasteiger partial charge is 0.162 e. The van der Waals surface area contributed by atoms with Gasteiger partial charge in [-0.1, -0.05) is 11.6 Å². The van der Waals surface area contributed by atoms with Crippen LogP contribution in [0.2, 0.25) is 5.02 Å². The van der Waals surface area contributed by atoms with Crippen LogP contribution >= 0.6 is 11.6 Å². The molecule has 19 heavy (non-hydrogen) atoms. The van der Waals surface area contributed by atoms with Crippen molar-refractivity contribution < 1.29 is 14.6 Å². The molecule has 0 spiro atoms. The van der Waals surface area contributed by atoms with Gasteiger partial charge in [0.1, 0.15) is 0 Å². The maximum Gasteiger partial charge on any atom is 0.162 e. The van der Waals surface area contributed by atoms with Gasteiger partial charge in [-0.2, -0.15) is 0 Å². The van der Waals surface area contributed by atoms with Crippen LogP contribution in [-0.4, -0.2) is 23.9 Å². The van der Waals surface area contributed by atoms with Crippen LogP contribution in [0.3, 0.4) is 0 Å². The first-order chi connectivity index (χ1) is 9.09. The lowest BCUT2D eigenvalue weighted by Gasteiger charge is -2.27. The van der Waals surface area contributed by atoms with Gasteiger partial charge in [-0.3, -0.25) is 0 Å². The van der Waals surface area contributed by atoms with E-state index in [2.05, 4.69) is 0 Å². The molecule has 0 heterocycles. The summed E-state index contributed by atoms with van der Waals surface area (Å²) in [5.41, 5.74) is 0.392.